The zero-order valence-corrected chi connectivity index (χ0v) is 12.6. The van der Waals surface area contributed by atoms with Crippen LogP contribution in [0.1, 0.15) is 11.3 Å². The molecule has 0 unspecified atom stereocenters. The minimum atomic E-state index is -0.626. The molecule has 5 nitrogen and oxygen atoms in total. The summed E-state index contributed by atoms with van der Waals surface area (Å²) in [6, 6.07) is 8.48. The van der Waals surface area contributed by atoms with Gasteiger partial charge in [0.05, 0.1) is 6.26 Å². The molecule has 1 aromatic heterocycles. The number of hydrogen-bond acceptors (Lipinski definition) is 4. The summed E-state index contributed by atoms with van der Waals surface area (Å²) in [5, 5.41) is 3.23. The summed E-state index contributed by atoms with van der Waals surface area (Å²) in [7, 11) is 0. The standard InChI is InChI=1S/C16H14ClNO4/c1-11-9-12(17)4-6-14(11)18-15(19)10-22-16(20)7-5-13-3-2-8-21-13/h2-9H,10H2,1H3,(H,18,19)/b7-5+. The second-order valence-corrected chi connectivity index (χ2v) is 4.90. The number of aryl methyl sites for hydroxylation is 1. The zero-order valence-electron chi connectivity index (χ0n) is 11.8. The van der Waals surface area contributed by atoms with Crippen molar-refractivity contribution in [3.05, 3.63) is 59.0 Å². The highest BCUT2D eigenvalue weighted by Crippen LogP contribution is 2.19. The first-order valence-corrected chi connectivity index (χ1v) is 6.87. The number of halogens is 1. The number of ether oxygens (including phenoxy) is 1. The molecule has 0 radical (unpaired) electrons. The molecule has 1 aromatic carbocycles. The smallest absolute Gasteiger partial charge is 0.331 e. The fraction of sp³-hybridized carbons (Fsp3) is 0.125. The number of hydrogen-bond donors (Lipinski definition) is 1. The van der Waals surface area contributed by atoms with E-state index >= 15 is 0 Å². The molecule has 0 saturated carbocycles. The first kappa shape index (κ1) is 15.9. The molecule has 22 heavy (non-hydrogen) atoms. The van der Waals surface area contributed by atoms with E-state index in [0.29, 0.717) is 16.5 Å². The molecule has 0 bridgehead atoms. The van der Waals surface area contributed by atoms with E-state index in [0.717, 1.165) is 5.56 Å². The first-order valence-electron chi connectivity index (χ1n) is 6.49. The van der Waals surface area contributed by atoms with E-state index in [1.807, 2.05) is 6.92 Å². The third kappa shape index (κ3) is 4.79. The van der Waals surface area contributed by atoms with Crippen molar-refractivity contribution < 1.29 is 18.7 Å². The molecular weight excluding hydrogens is 306 g/mol. The lowest BCUT2D eigenvalue weighted by Gasteiger charge is -2.08. The lowest BCUT2D eigenvalue weighted by molar-refractivity contribution is -0.142. The van der Waals surface area contributed by atoms with Crippen molar-refractivity contribution in [1.29, 1.82) is 0 Å². The quantitative estimate of drug-likeness (QED) is 0.677. The lowest BCUT2D eigenvalue weighted by Crippen LogP contribution is -2.20. The van der Waals surface area contributed by atoms with Gasteiger partial charge in [0, 0.05) is 16.8 Å². The van der Waals surface area contributed by atoms with Crippen LogP contribution in [-0.4, -0.2) is 18.5 Å². The first-order chi connectivity index (χ1) is 10.5. The van der Waals surface area contributed by atoms with E-state index in [9.17, 15) is 9.59 Å². The third-order valence-electron chi connectivity index (χ3n) is 2.73. The van der Waals surface area contributed by atoms with Gasteiger partial charge in [-0.3, -0.25) is 4.79 Å². The maximum Gasteiger partial charge on any atom is 0.331 e. The largest absolute Gasteiger partial charge is 0.465 e. The number of carbonyl (C=O) groups is 2. The molecule has 0 fully saturated rings. The Kier molecular flexibility index (Phi) is 5.38. The van der Waals surface area contributed by atoms with E-state index in [1.54, 1.807) is 30.3 Å². The Labute approximate surface area is 132 Å². The minimum Gasteiger partial charge on any atom is -0.465 e. The molecule has 0 atom stereocenters. The normalized spacial score (nSPS) is 10.6. The summed E-state index contributed by atoms with van der Waals surface area (Å²) < 4.78 is 9.86. The molecule has 1 N–H and O–H groups in total. The summed E-state index contributed by atoms with van der Waals surface area (Å²) >= 11 is 5.84. The topological polar surface area (TPSA) is 68.5 Å². The second kappa shape index (κ2) is 7.47. The molecule has 0 spiro atoms. The monoisotopic (exact) mass is 319 g/mol. The second-order valence-electron chi connectivity index (χ2n) is 4.46. The fourth-order valence-corrected chi connectivity index (χ4v) is 1.90. The van der Waals surface area contributed by atoms with Gasteiger partial charge in [-0.05, 0) is 48.9 Å². The predicted molar refractivity (Wildman–Crippen MR) is 83.5 cm³/mol. The van der Waals surface area contributed by atoms with Gasteiger partial charge in [-0.2, -0.15) is 0 Å². The maximum atomic E-state index is 11.7. The highest BCUT2D eigenvalue weighted by atomic mass is 35.5. The molecule has 0 aliphatic heterocycles. The van der Waals surface area contributed by atoms with E-state index in [2.05, 4.69) is 5.32 Å². The van der Waals surface area contributed by atoms with Crippen LogP contribution in [0.5, 0.6) is 0 Å². The molecular formula is C16H14ClNO4. The Morgan fingerprint density at radius 2 is 2.18 bits per heavy atom. The molecule has 2 aromatic rings. The van der Waals surface area contributed by atoms with Crippen LogP contribution in [-0.2, 0) is 14.3 Å². The van der Waals surface area contributed by atoms with E-state index in [-0.39, 0.29) is 6.61 Å². The number of nitrogens with one attached hydrogen (secondary N) is 1. The molecule has 1 heterocycles. The van der Waals surface area contributed by atoms with Crippen LogP contribution in [0.15, 0.2) is 47.1 Å². The van der Waals surface area contributed by atoms with Crippen LogP contribution in [0, 0.1) is 6.92 Å². The Hall–Kier alpha value is -2.53. The van der Waals surface area contributed by atoms with Crippen molar-refractivity contribution in [1.82, 2.24) is 0 Å². The number of anilines is 1. The van der Waals surface area contributed by atoms with Gasteiger partial charge in [-0.15, -0.1) is 0 Å². The Morgan fingerprint density at radius 1 is 1.36 bits per heavy atom. The van der Waals surface area contributed by atoms with Gasteiger partial charge in [0.2, 0.25) is 0 Å². The summed E-state index contributed by atoms with van der Waals surface area (Å²) in [4.78, 5) is 23.2. The molecule has 1 amide bonds. The van der Waals surface area contributed by atoms with Gasteiger partial charge in [0.1, 0.15) is 5.76 Å². The highest BCUT2D eigenvalue weighted by Gasteiger charge is 2.07. The summed E-state index contributed by atoms with van der Waals surface area (Å²) in [6.45, 7) is 1.45. The average molecular weight is 320 g/mol. The van der Waals surface area contributed by atoms with Crippen molar-refractivity contribution in [3.63, 3.8) is 0 Å². The van der Waals surface area contributed by atoms with Crippen LogP contribution in [0.25, 0.3) is 6.08 Å². The number of rotatable bonds is 5. The molecule has 6 heteroatoms. The minimum absolute atomic E-state index is 0.372. The van der Waals surface area contributed by atoms with Crippen LogP contribution in [0.4, 0.5) is 5.69 Å². The Morgan fingerprint density at radius 3 is 2.86 bits per heavy atom. The van der Waals surface area contributed by atoms with Gasteiger partial charge >= 0.3 is 5.97 Å². The van der Waals surface area contributed by atoms with Crippen LogP contribution < -0.4 is 5.32 Å². The van der Waals surface area contributed by atoms with Crippen molar-refractivity contribution in [2.45, 2.75) is 6.92 Å². The van der Waals surface area contributed by atoms with Crippen LogP contribution in [0.3, 0.4) is 0 Å². The highest BCUT2D eigenvalue weighted by molar-refractivity contribution is 6.30. The summed E-state index contributed by atoms with van der Waals surface area (Å²) in [6.07, 6.45) is 4.15. The number of benzene rings is 1. The van der Waals surface area contributed by atoms with Crippen molar-refractivity contribution >= 4 is 35.2 Å². The molecule has 0 saturated heterocycles. The van der Waals surface area contributed by atoms with E-state index in [4.69, 9.17) is 20.8 Å². The van der Waals surface area contributed by atoms with Gasteiger partial charge in [0.15, 0.2) is 6.61 Å². The van der Waals surface area contributed by atoms with E-state index in [1.165, 1.54) is 18.4 Å². The summed E-state index contributed by atoms with van der Waals surface area (Å²) in [5.41, 5.74) is 1.45. The van der Waals surface area contributed by atoms with Gasteiger partial charge in [-0.1, -0.05) is 11.6 Å². The number of carbonyl (C=O) groups excluding carboxylic acids is 2. The van der Waals surface area contributed by atoms with Crippen molar-refractivity contribution in [2.75, 3.05) is 11.9 Å². The zero-order chi connectivity index (χ0) is 15.9. The average Bonchev–Trinajstić information content (AvgIpc) is 2.99. The summed E-state index contributed by atoms with van der Waals surface area (Å²) in [5.74, 6) is -0.525. The third-order valence-corrected chi connectivity index (χ3v) is 2.97. The molecule has 2 rings (SSSR count). The van der Waals surface area contributed by atoms with Gasteiger partial charge in [-0.25, -0.2) is 4.79 Å². The molecule has 114 valence electrons. The Bertz CT molecular complexity index is 692. The van der Waals surface area contributed by atoms with Crippen molar-refractivity contribution in [2.24, 2.45) is 0 Å². The lowest BCUT2D eigenvalue weighted by atomic mass is 10.2. The van der Waals surface area contributed by atoms with Crippen LogP contribution in [0.2, 0.25) is 5.02 Å². The fourth-order valence-electron chi connectivity index (χ4n) is 1.67. The SMILES string of the molecule is Cc1cc(Cl)ccc1NC(=O)COC(=O)/C=C/c1ccco1. The number of furan rings is 1. The van der Waals surface area contributed by atoms with E-state index < -0.39 is 11.9 Å². The number of esters is 1. The van der Waals surface area contributed by atoms with Gasteiger partial charge < -0.3 is 14.5 Å². The van der Waals surface area contributed by atoms with Gasteiger partial charge in [0.25, 0.3) is 5.91 Å². The Balaban J connectivity index is 1.81. The maximum absolute atomic E-state index is 11.7. The number of amides is 1. The molecule has 0 aliphatic carbocycles. The van der Waals surface area contributed by atoms with Crippen molar-refractivity contribution in [3.8, 4) is 0 Å². The molecule has 0 aliphatic rings. The predicted octanol–water partition coefficient (Wildman–Crippen LogP) is 3.44. The van der Waals surface area contributed by atoms with Crippen LogP contribution >= 0.6 is 11.6 Å².